The van der Waals surface area contributed by atoms with Gasteiger partial charge in [-0.15, -0.1) is 0 Å². The number of rotatable bonds is 2. The molecule has 0 heterocycles. The Bertz CT molecular complexity index is 28.7. The molecule has 0 aliphatic carbocycles. The van der Waals surface area contributed by atoms with Crippen molar-refractivity contribution in [1.82, 2.24) is 0 Å². The summed E-state index contributed by atoms with van der Waals surface area (Å²) in [5, 5.41) is 0. The number of carbonyl (C=O) groups excluding carboxylic acids is 1. The van der Waals surface area contributed by atoms with E-state index in [1.807, 2.05) is 0 Å². The van der Waals surface area contributed by atoms with Crippen LogP contribution in [-0.4, -0.2) is 6.29 Å². The van der Waals surface area contributed by atoms with Gasteiger partial charge in [-0.25, -0.2) is 0 Å². The third-order valence-electron chi connectivity index (χ3n) is 0.322. The first-order chi connectivity index (χ1) is 2.41. The Balaban J connectivity index is 0. The number of aldehydes is 1. The second kappa shape index (κ2) is 9.02. The minimum absolute atomic E-state index is 0. The van der Waals surface area contributed by atoms with E-state index in [1.54, 1.807) is 0 Å². The molecule has 0 spiro atoms. The molecule has 0 aromatic carbocycles. The second-order valence-electron chi connectivity index (χ2n) is 0.809. The van der Waals surface area contributed by atoms with E-state index in [2.05, 4.69) is 6.92 Å². The summed E-state index contributed by atoms with van der Waals surface area (Å²) in [5.41, 5.74) is 0. The van der Waals surface area contributed by atoms with Crippen molar-refractivity contribution in [3.63, 3.8) is 0 Å². The molecule has 0 bridgehead atoms. The van der Waals surface area contributed by atoms with E-state index in [9.17, 15) is 4.79 Å². The Labute approximate surface area is 52.4 Å². The summed E-state index contributed by atoms with van der Waals surface area (Å²) in [7, 11) is 0. The Hall–Kier alpha value is 0.358. The quantitative estimate of drug-likeness (QED) is 0.337. The van der Waals surface area contributed by atoms with Gasteiger partial charge in [-0.05, 0) is 6.42 Å². The molecule has 0 fully saturated rings. The average molecular weight is 167 g/mol. The summed E-state index contributed by atoms with van der Waals surface area (Å²) >= 11 is 0. The number of hydrogen-bond donors (Lipinski definition) is 0. The summed E-state index contributed by atoms with van der Waals surface area (Å²) in [6.07, 6.45) is 2.19. The summed E-state index contributed by atoms with van der Waals surface area (Å²) in [6, 6.07) is 0. The number of unbranched alkanes of at least 4 members (excludes halogenated alkanes) is 1. The summed E-state index contributed by atoms with van der Waals surface area (Å²) in [6.45, 7) is 3.44. The van der Waals surface area contributed by atoms with Crippen LogP contribution < -0.4 is 0 Å². The molecule has 1 nitrogen and oxygen atoms in total. The Morgan fingerprint density at radius 2 is 2.17 bits per heavy atom. The smallest absolute Gasteiger partial charge is 0.117 e. The van der Waals surface area contributed by atoms with Gasteiger partial charge in [0.05, 0.1) is 0 Å². The van der Waals surface area contributed by atoms with E-state index in [0.717, 1.165) is 12.7 Å². The first kappa shape index (κ1) is 9.61. The van der Waals surface area contributed by atoms with Gasteiger partial charge < -0.3 is 11.7 Å². The first-order valence-electron chi connectivity index (χ1n) is 1.64. The van der Waals surface area contributed by atoms with Gasteiger partial charge in [0.1, 0.15) is 6.29 Å². The zero-order valence-electron chi connectivity index (χ0n) is 3.52. The van der Waals surface area contributed by atoms with Gasteiger partial charge in [0, 0.05) is 21.1 Å². The van der Waals surface area contributed by atoms with Gasteiger partial charge in [0.15, 0.2) is 0 Å². The van der Waals surface area contributed by atoms with Gasteiger partial charge >= 0.3 is 0 Å². The summed E-state index contributed by atoms with van der Waals surface area (Å²) < 4.78 is 0. The van der Waals surface area contributed by atoms with Gasteiger partial charge in [-0.1, -0.05) is 0 Å². The molecule has 2 heteroatoms. The van der Waals surface area contributed by atoms with Gasteiger partial charge in [-0.2, -0.15) is 6.42 Å². The summed E-state index contributed by atoms with van der Waals surface area (Å²) in [4.78, 5) is 9.36. The van der Waals surface area contributed by atoms with Crippen LogP contribution in [-0.2, 0) is 25.9 Å². The molecule has 0 saturated carbocycles. The van der Waals surface area contributed by atoms with Crippen LogP contribution in [0.15, 0.2) is 0 Å². The topological polar surface area (TPSA) is 17.1 Å². The maximum Gasteiger partial charge on any atom is 0.117 e. The molecule has 0 aromatic rings. The van der Waals surface area contributed by atoms with Crippen molar-refractivity contribution >= 4 is 6.29 Å². The predicted molar refractivity (Wildman–Crippen MR) is 20.7 cm³/mol. The van der Waals surface area contributed by atoms with Crippen molar-refractivity contribution in [2.45, 2.75) is 12.8 Å². The molecule has 0 aliphatic heterocycles. The van der Waals surface area contributed by atoms with Gasteiger partial charge in [0.25, 0.3) is 0 Å². The van der Waals surface area contributed by atoms with Crippen molar-refractivity contribution < 1.29 is 25.9 Å². The summed E-state index contributed by atoms with van der Waals surface area (Å²) in [5.74, 6) is 0. The Kier molecular flexibility index (Phi) is 14.5. The SMILES string of the molecule is [CH2-]CCC=O.[Mo]. The van der Waals surface area contributed by atoms with Gasteiger partial charge in [-0.3, -0.25) is 0 Å². The molecule has 0 radical (unpaired) electrons. The van der Waals surface area contributed by atoms with Crippen molar-refractivity contribution in [3.05, 3.63) is 6.92 Å². The van der Waals surface area contributed by atoms with Crippen LogP contribution in [0.3, 0.4) is 0 Å². The normalized spacial score (nSPS) is 6.17. The van der Waals surface area contributed by atoms with Crippen LogP contribution in [0, 0.1) is 6.92 Å². The zero-order valence-corrected chi connectivity index (χ0v) is 5.52. The van der Waals surface area contributed by atoms with Gasteiger partial charge in [0.2, 0.25) is 0 Å². The van der Waals surface area contributed by atoms with E-state index in [0.29, 0.717) is 6.42 Å². The van der Waals surface area contributed by atoms with Crippen LogP contribution in [0.25, 0.3) is 0 Å². The minimum atomic E-state index is 0. The maximum atomic E-state index is 9.36. The molecule has 0 atom stereocenters. The third-order valence-corrected chi connectivity index (χ3v) is 0.322. The molecule has 0 aliphatic rings. The number of carbonyl (C=O) groups is 1. The molecule has 0 N–H and O–H groups in total. The third kappa shape index (κ3) is 8.84. The Morgan fingerprint density at radius 1 is 1.67 bits per heavy atom. The largest absolute Gasteiger partial charge is 0.343 e. The van der Waals surface area contributed by atoms with Crippen molar-refractivity contribution in [2.75, 3.05) is 0 Å². The van der Waals surface area contributed by atoms with E-state index in [4.69, 9.17) is 0 Å². The molecule has 0 unspecified atom stereocenters. The van der Waals surface area contributed by atoms with E-state index in [1.165, 1.54) is 0 Å². The predicted octanol–water partition coefficient (Wildman–Crippen LogP) is 0.797. The molecule has 0 aromatic heterocycles. The number of hydrogen-bond acceptors (Lipinski definition) is 1. The monoisotopic (exact) mass is 169 g/mol. The minimum Gasteiger partial charge on any atom is -0.343 e. The average Bonchev–Trinajstić information content (AvgIpc) is 1.41. The van der Waals surface area contributed by atoms with E-state index >= 15 is 0 Å². The maximum absolute atomic E-state index is 9.36. The Morgan fingerprint density at radius 3 is 2.17 bits per heavy atom. The van der Waals surface area contributed by atoms with Crippen LogP contribution >= 0.6 is 0 Å². The molecular formula is C4H7MoO-. The molecule has 0 amide bonds. The molecule has 6 heavy (non-hydrogen) atoms. The van der Waals surface area contributed by atoms with E-state index < -0.39 is 0 Å². The van der Waals surface area contributed by atoms with Crippen molar-refractivity contribution in [1.29, 1.82) is 0 Å². The van der Waals surface area contributed by atoms with Crippen LogP contribution in [0.1, 0.15) is 12.8 Å². The fourth-order valence-corrected chi connectivity index (χ4v) is 0.0833. The van der Waals surface area contributed by atoms with Crippen molar-refractivity contribution in [3.8, 4) is 0 Å². The second-order valence-corrected chi connectivity index (χ2v) is 0.809. The van der Waals surface area contributed by atoms with Crippen LogP contribution in [0.2, 0.25) is 0 Å². The van der Waals surface area contributed by atoms with Crippen LogP contribution in [0.4, 0.5) is 0 Å². The zero-order chi connectivity index (χ0) is 4.12. The molecule has 36 valence electrons. The standard InChI is InChI=1S/C4H7O.Mo/c1-2-3-4-5;/h4H,1-3H2;/q-1;. The molecule has 0 saturated heterocycles. The first-order valence-corrected chi connectivity index (χ1v) is 1.64. The molecule has 0 rings (SSSR count). The molecular weight excluding hydrogens is 160 g/mol. The van der Waals surface area contributed by atoms with E-state index in [-0.39, 0.29) is 21.1 Å². The van der Waals surface area contributed by atoms with Crippen molar-refractivity contribution in [2.24, 2.45) is 0 Å². The van der Waals surface area contributed by atoms with Crippen LogP contribution in [0.5, 0.6) is 0 Å². The fourth-order valence-electron chi connectivity index (χ4n) is 0.0833. The fraction of sp³-hybridized carbons (Fsp3) is 0.500.